The lowest BCUT2D eigenvalue weighted by Gasteiger charge is -2.47. The Kier molecular flexibility index (Phi) is 10.7. The number of nitrogens with zero attached hydrogens (tertiary/aromatic N) is 5. The largest absolute Gasteiger partial charge is 0.418 e. The molecule has 0 aliphatic carbocycles. The van der Waals surface area contributed by atoms with Gasteiger partial charge in [-0.05, 0) is 108 Å². The van der Waals surface area contributed by atoms with Crippen molar-refractivity contribution < 1.29 is 27.6 Å². The number of halogens is 4. The van der Waals surface area contributed by atoms with Gasteiger partial charge < -0.3 is 20.0 Å². The Hall–Kier alpha value is -4.24. The number of carbonyl (C=O) groups is 3. The average Bonchev–Trinajstić information content (AvgIpc) is 3.15. The van der Waals surface area contributed by atoms with E-state index in [0.717, 1.165) is 56.8 Å². The van der Waals surface area contributed by atoms with Crippen molar-refractivity contribution in [3.63, 3.8) is 0 Å². The number of rotatable bonds is 6. The first-order chi connectivity index (χ1) is 25.7. The van der Waals surface area contributed by atoms with Crippen molar-refractivity contribution in [1.29, 1.82) is 0 Å². The van der Waals surface area contributed by atoms with Crippen molar-refractivity contribution in [2.24, 2.45) is 12.5 Å². The summed E-state index contributed by atoms with van der Waals surface area (Å²) < 4.78 is 44.7. The molecule has 3 amide bonds. The van der Waals surface area contributed by atoms with E-state index in [2.05, 4.69) is 43.6 Å². The van der Waals surface area contributed by atoms with E-state index < -0.39 is 29.5 Å². The van der Waals surface area contributed by atoms with Crippen LogP contribution in [0.4, 0.5) is 24.5 Å². The fourth-order valence-corrected chi connectivity index (χ4v) is 9.24. The van der Waals surface area contributed by atoms with Crippen molar-refractivity contribution in [2.45, 2.75) is 69.0 Å². The van der Waals surface area contributed by atoms with Crippen LogP contribution in [0.15, 0.2) is 57.9 Å². The van der Waals surface area contributed by atoms with E-state index >= 15 is 0 Å². The third kappa shape index (κ3) is 7.93. The molecular weight excluding hydrogens is 767 g/mol. The summed E-state index contributed by atoms with van der Waals surface area (Å²) in [5, 5.41) is 9.86. The molecule has 3 aromatic rings. The van der Waals surface area contributed by atoms with Gasteiger partial charge in [-0.15, -0.1) is 0 Å². The number of anilines is 2. The van der Waals surface area contributed by atoms with Gasteiger partial charge in [0.25, 0.3) is 11.5 Å². The minimum Gasteiger partial charge on any atom is -0.379 e. The predicted molar refractivity (Wildman–Crippen MR) is 201 cm³/mol. The minimum atomic E-state index is -4.60. The molecule has 15 heteroatoms. The van der Waals surface area contributed by atoms with Gasteiger partial charge in [-0.25, -0.2) is 4.68 Å². The Bertz CT molecular complexity index is 1970. The van der Waals surface area contributed by atoms with E-state index in [0.29, 0.717) is 41.9 Å². The lowest BCUT2D eigenvalue weighted by molar-refractivity contribution is -0.138. The number of piperidine rings is 4. The first-order valence-corrected chi connectivity index (χ1v) is 19.3. The molecular formula is C39H45BrF3N7O4. The van der Waals surface area contributed by atoms with Gasteiger partial charge >= 0.3 is 6.18 Å². The fourth-order valence-electron chi connectivity index (χ4n) is 8.77. The highest BCUT2D eigenvalue weighted by molar-refractivity contribution is 9.10. The van der Waals surface area contributed by atoms with Crippen molar-refractivity contribution in [3.8, 4) is 0 Å². The zero-order chi connectivity index (χ0) is 38.4. The molecule has 1 spiro atoms. The predicted octanol–water partition coefficient (Wildman–Crippen LogP) is 5.50. The molecule has 7 rings (SSSR count). The molecule has 1 aromatic heterocycles. The minimum absolute atomic E-state index is 0.0110. The van der Waals surface area contributed by atoms with Crippen LogP contribution in [0.2, 0.25) is 0 Å². The first kappa shape index (κ1) is 38.1. The van der Waals surface area contributed by atoms with Crippen LogP contribution < -0.4 is 21.1 Å². The molecule has 2 aromatic carbocycles. The molecule has 288 valence electrons. The van der Waals surface area contributed by atoms with Crippen LogP contribution in [0.3, 0.4) is 0 Å². The summed E-state index contributed by atoms with van der Waals surface area (Å²) in [5.41, 5.74) is 1.85. The number of likely N-dealkylation sites (tertiary alicyclic amines) is 2. The standard InChI is InChI=1S/C39H45BrF3N7O4/c1-47-22-27(19-28(23-47)45-31-21-44-48(2)37(54)34(31)40)24-3-5-25(6-4-24)36(53)50-17-13-38(14-18-50)11-15-49(16-12-38)32-9-7-26(20-30(32)39(41,42)43)29-8-10-33(51)46-35(29)52/h3-7,9,20-21,27-29,45H,8,10-19,22-23H2,1-2H3,(H,46,51,52)/t27-,28+,29?/m0/s1. The Labute approximate surface area is 320 Å². The van der Waals surface area contributed by atoms with Crippen molar-refractivity contribution in [2.75, 3.05) is 56.5 Å². The third-order valence-corrected chi connectivity index (χ3v) is 12.7. The Morgan fingerprint density at radius 1 is 0.944 bits per heavy atom. The number of aromatic nitrogens is 2. The van der Waals surface area contributed by atoms with Gasteiger partial charge in [-0.3, -0.25) is 24.5 Å². The van der Waals surface area contributed by atoms with Gasteiger partial charge in [-0.2, -0.15) is 18.3 Å². The second-order valence-electron chi connectivity index (χ2n) is 15.5. The fraction of sp³-hybridized carbons (Fsp3) is 0.513. The van der Waals surface area contributed by atoms with Crippen molar-refractivity contribution >= 4 is 45.0 Å². The SMILES string of the molecule is CN1C[C@H](Nc2cnn(C)c(=O)c2Br)C[C@H](c2ccc(C(=O)N3CCC4(CC3)CCN(c3ccc(C5CCC(=O)NC5=O)cc3C(F)(F)F)CC4)cc2)C1. The number of carbonyl (C=O) groups excluding carboxylic acids is 3. The third-order valence-electron chi connectivity index (χ3n) is 11.9. The highest BCUT2D eigenvalue weighted by Crippen LogP contribution is 2.45. The van der Waals surface area contributed by atoms with Crippen LogP contribution >= 0.6 is 15.9 Å². The van der Waals surface area contributed by atoms with Gasteiger partial charge in [0.1, 0.15) is 4.47 Å². The summed E-state index contributed by atoms with van der Waals surface area (Å²) in [6.07, 6.45) is 1.26. The highest BCUT2D eigenvalue weighted by atomic mass is 79.9. The zero-order valence-electron chi connectivity index (χ0n) is 30.4. The van der Waals surface area contributed by atoms with Gasteiger partial charge in [0.15, 0.2) is 0 Å². The maximum atomic E-state index is 14.3. The number of amides is 3. The second kappa shape index (κ2) is 15.1. The maximum absolute atomic E-state index is 14.3. The lowest BCUT2D eigenvalue weighted by Crippen LogP contribution is -2.48. The molecule has 4 aliphatic heterocycles. The summed E-state index contributed by atoms with van der Waals surface area (Å²) in [6.45, 7) is 3.84. The molecule has 54 heavy (non-hydrogen) atoms. The molecule has 5 heterocycles. The van der Waals surface area contributed by atoms with Gasteiger partial charge in [0.2, 0.25) is 11.8 Å². The number of hydrogen-bond donors (Lipinski definition) is 2. The highest BCUT2D eigenvalue weighted by Gasteiger charge is 2.42. The van der Waals surface area contributed by atoms with E-state index in [1.165, 1.54) is 10.7 Å². The topological polar surface area (TPSA) is 120 Å². The lowest BCUT2D eigenvalue weighted by atomic mass is 9.71. The normalized spacial score (nSPS) is 23.7. The quantitative estimate of drug-likeness (QED) is 0.314. The molecule has 3 atom stereocenters. The zero-order valence-corrected chi connectivity index (χ0v) is 32.0. The smallest absolute Gasteiger partial charge is 0.379 e. The maximum Gasteiger partial charge on any atom is 0.418 e. The van der Waals surface area contributed by atoms with E-state index in [1.54, 1.807) is 24.2 Å². The molecule has 4 fully saturated rings. The second-order valence-corrected chi connectivity index (χ2v) is 16.3. The number of aryl methyl sites for hydroxylation is 1. The Balaban J connectivity index is 0.940. The number of likely N-dealkylation sites (N-methyl/N-ethyl adjacent to an activating group) is 1. The Morgan fingerprint density at radius 2 is 1.61 bits per heavy atom. The number of alkyl halides is 3. The molecule has 4 aliphatic rings. The van der Waals surface area contributed by atoms with Crippen molar-refractivity contribution in [1.82, 2.24) is 24.9 Å². The first-order valence-electron chi connectivity index (χ1n) is 18.6. The molecule has 2 N–H and O–H groups in total. The van der Waals surface area contributed by atoms with E-state index in [-0.39, 0.29) is 52.9 Å². The van der Waals surface area contributed by atoms with Crippen LogP contribution in [-0.4, -0.2) is 89.7 Å². The molecule has 0 saturated carbocycles. The van der Waals surface area contributed by atoms with E-state index in [4.69, 9.17) is 0 Å². The van der Waals surface area contributed by atoms with Gasteiger partial charge in [0, 0.05) is 70.0 Å². The van der Waals surface area contributed by atoms with E-state index in [1.807, 2.05) is 29.2 Å². The Morgan fingerprint density at radius 3 is 2.28 bits per heavy atom. The van der Waals surface area contributed by atoms with Crippen LogP contribution in [0, 0.1) is 5.41 Å². The molecule has 0 bridgehead atoms. The van der Waals surface area contributed by atoms with Crippen LogP contribution in [-0.2, 0) is 22.8 Å². The average molecular weight is 813 g/mol. The molecule has 4 saturated heterocycles. The monoisotopic (exact) mass is 811 g/mol. The summed E-state index contributed by atoms with van der Waals surface area (Å²) in [7, 11) is 3.69. The number of hydrogen-bond acceptors (Lipinski definition) is 8. The number of benzene rings is 2. The van der Waals surface area contributed by atoms with Crippen LogP contribution in [0.25, 0.3) is 0 Å². The molecule has 0 radical (unpaired) electrons. The number of nitrogens with one attached hydrogen (secondary N) is 2. The molecule has 1 unspecified atom stereocenters. The van der Waals surface area contributed by atoms with Crippen molar-refractivity contribution in [3.05, 3.63) is 85.7 Å². The van der Waals surface area contributed by atoms with Gasteiger partial charge in [0.05, 0.1) is 23.4 Å². The number of imide groups is 1. The van der Waals surface area contributed by atoms with E-state index in [9.17, 15) is 32.3 Å². The van der Waals surface area contributed by atoms with Gasteiger partial charge in [-0.1, -0.05) is 18.2 Å². The molecule has 11 nitrogen and oxygen atoms in total. The summed E-state index contributed by atoms with van der Waals surface area (Å²) >= 11 is 3.40. The van der Waals surface area contributed by atoms with Crippen LogP contribution in [0.5, 0.6) is 0 Å². The summed E-state index contributed by atoms with van der Waals surface area (Å²) in [4.78, 5) is 55.8. The summed E-state index contributed by atoms with van der Waals surface area (Å²) in [6, 6.07) is 12.1. The summed E-state index contributed by atoms with van der Waals surface area (Å²) in [5.74, 6) is -1.53. The van der Waals surface area contributed by atoms with Crippen LogP contribution in [0.1, 0.15) is 83.8 Å².